The highest BCUT2D eigenvalue weighted by atomic mass is 32.2. The average molecular weight is 390 g/mol. The van der Waals surface area contributed by atoms with E-state index >= 15 is 0 Å². The predicted octanol–water partition coefficient (Wildman–Crippen LogP) is 3.16. The maximum absolute atomic E-state index is 11.2. The molecule has 2 aromatic rings. The van der Waals surface area contributed by atoms with Gasteiger partial charge in [-0.05, 0) is 41.3 Å². The summed E-state index contributed by atoms with van der Waals surface area (Å²) in [6.07, 6.45) is 1.71. The van der Waals surface area contributed by atoms with Gasteiger partial charge in [-0.15, -0.1) is 0 Å². The van der Waals surface area contributed by atoms with Crippen LogP contribution in [0.25, 0.3) is 6.08 Å². The molecule has 2 aromatic carbocycles. The number of nitrogens with two attached hydrogens (primary N) is 1. The topological polar surface area (TPSA) is 125 Å². The summed E-state index contributed by atoms with van der Waals surface area (Å²) in [7, 11) is 0. The summed E-state index contributed by atoms with van der Waals surface area (Å²) in [6.45, 7) is 0.223. The van der Waals surface area contributed by atoms with E-state index in [1.54, 1.807) is 17.6 Å². The number of nitro benzene ring substituents is 1. The van der Waals surface area contributed by atoms with Gasteiger partial charge in [-0.25, -0.2) is 4.79 Å². The van der Waals surface area contributed by atoms with E-state index in [9.17, 15) is 14.9 Å². The van der Waals surface area contributed by atoms with Gasteiger partial charge in [0.2, 0.25) is 0 Å². The fourth-order valence-electron chi connectivity index (χ4n) is 2.05. The number of benzene rings is 2. The third-order valence-corrected chi connectivity index (χ3v) is 3.99. The highest BCUT2D eigenvalue weighted by molar-refractivity contribution is 8.02. The van der Waals surface area contributed by atoms with Crippen molar-refractivity contribution in [3.63, 3.8) is 0 Å². The summed E-state index contributed by atoms with van der Waals surface area (Å²) in [5.41, 5.74) is 5.71. The van der Waals surface area contributed by atoms with Crippen LogP contribution in [-0.4, -0.2) is 35.8 Å². The third kappa shape index (κ3) is 6.65. The number of rotatable bonds is 10. The summed E-state index contributed by atoms with van der Waals surface area (Å²) in [5.74, 6) is -0.575. The molecule has 0 atom stereocenters. The Hall–Kier alpha value is -3.04. The largest absolute Gasteiger partial charge is 0.492 e. The summed E-state index contributed by atoms with van der Waals surface area (Å²) in [6, 6.07) is 11.8. The quantitative estimate of drug-likeness (QED) is 0.360. The van der Waals surface area contributed by atoms with E-state index in [-0.39, 0.29) is 11.4 Å². The zero-order valence-electron chi connectivity index (χ0n) is 14.2. The number of carboxylic acids is 1. The summed E-state index contributed by atoms with van der Waals surface area (Å²) < 4.78 is 10.4. The first-order valence-corrected chi connectivity index (χ1v) is 8.76. The SMILES string of the molecule is NCCOc1cccc(S/C=C/c2ccc(OCC(=O)O)c([N+](=O)[O-])c2)c1. The molecule has 0 aliphatic heterocycles. The Morgan fingerprint density at radius 3 is 2.78 bits per heavy atom. The lowest BCUT2D eigenvalue weighted by molar-refractivity contribution is -0.385. The summed E-state index contributed by atoms with van der Waals surface area (Å²) in [4.78, 5) is 22.0. The Labute approximate surface area is 159 Å². The first kappa shape index (κ1) is 20.3. The van der Waals surface area contributed by atoms with Crippen LogP contribution >= 0.6 is 11.8 Å². The number of carbonyl (C=O) groups is 1. The maximum atomic E-state index is 11.2. The van der Waals surface area contributed by atoms with Crippen molar-refractivity contribution >= 4 is 29.5 Å². The monoisotopic (exact) mass is 390 g/mol. The second kappa shape index (κ2) is 10.2. The molecule has 0 aliphatic carbocycles. The molecular formula is C18H18N2O6S. The molecule has 0 unspecified atom stereocenters. The van der Waals surface area contributed by atoms with Crippen LogP contribution in [0.2, 0.25) is 0 Å². The van der Waals surface area contributed by atoms with Crippen LogP contribution in [0.3, 0.4) is 0 Å². The number of nitrogens with zero attached hydrogens (tertiary/aromatic N) is 1. The van der Waals surface area contributed by atoms with Crippen molar-refractivity contribution in [1.82, 2.24) is 0 Å². The molecule has 9 heteroatoms. The second-order valence-electron chi connectivity index (χ2n) is 5.20. The molecule has 0 saturated carbocycles. The number of carboxylic acid groups (broad SMARTS) is 1. The van der Waals surface area contributed by atoms with Gasteiger partial charge < -0.3 is 20.3 Å². The Morgan fingerprint density at radius 2 is 2.07 bits per heavy atom. The minimum atomic E-state index is -1.21. The molecule has 0 aromatic heterocycles. The fourth-order valence-corrected chi connectivity index (χ4v) is 2.77. The average Bonchev–Trinajstić information content (AvgIpc) is 2.65. The molecule has 0 spiro atoms. The minimum absolute atomic E-state index is 0.0862. The molecule has 0 amide bonds. The van der Waals surface area contributed by atoms with E-state index in [4.69, 9.17) is 20.3 Å². The molecule has 3 N–H and O–H groups in total. The van der Waals surface area contributed by atoms with Gasteiger partial charge in [0.05, 0.1) is 4.92 Å². The van der Waals surface area contributed by atoms with Gasteiger partial charge >= 0.3 is 11.7 Å². The molecule has 27 heavy (non-hydrogen) atoms. The van der Waals surface area contributed by atoms with Crippen molar-refractivity contribution in [2.24, 2.45) is 5.73 Å². The van der Waals surface area contributed by atoms with E-state index in [1.165, 1.54) is 23.9 Å². The standard InChI is InChI=1S/C18H18N2O6S/c19-7-8-25-14-2-1-3-15(11-14)27-9-6-13-4-5-17(26-12-18(21)22)16(10-13)20(23)24/h1-6,9-11H,7-8,12,19H2,(H,21,22)/b9-6+. The first-order valence-electron chi connectivity index (χ1n) is 7.89. The van der Waals surface area contributed by atoms with E-state index in [2.05, 4.69) is 0 Å². The van der Waals surface area contributed by atoms with Gasteiger partial charge in [0.15, 0.2) is 12.4 Å². The molecule has 0 radical (unpaired) electrons. The highest BCUT2D eigenvalue weighted by Gasteiger charge is 2.16. The molecule has 0 fully saturated rings. The smallest absolute Gasteiger partial charge is 0.341 e. The van der Waals surface area contributed by atoms with E-state index in [1.807, 2.05) is 24.3 Å². The van der Waals surface area contributed by atoms with Crippen LogP contribution in [0.1, 0.15) is 5.56 Å². The Morgan fingerprint density at radius 1 is 1.26 bits per heavy atom. The van der Waals surface area contributed by atoms with Crippen molar-refractivity contribution in [2.75, 3.05) is 19.8 Å². The minimum Gasteiger partial charge on any atom is -0.492 e. The van der Waals surface area contributed by atoms with Crippen molar-refractivity contribution < 1.29 is 24.3 Å². The van der Waals surface area contributed by atoms with Gasteiger partial charge in [-0.3, -0.25) is 10.1 Å². The number of aliphatic carboxylic acids is 1. The number of thioether (sulfide) groups is 1. The van der Waals surface area contributed by atoms with Crippen LogP contribution in [0.5, 0.6) is 11.5 Å². The summed E-state index contributed by atoms with van der Waals surface area (Å²) >= 11 is 1.42. The fraction of sp³-hybridized carbons (Fsp3) is 0.167. The Balaban J connectivity index is 2.07. The zero-order valence-corrected chi connectivity index (χ0v) is 15.1. The van der Waals surface area contributed by atoms with Crippen LogP contribution in [0, 0.1) is 10.1 Å². The van der Waals surface area contributed by atoms with Gasteiger partial charge in [-0.1, -0.05) is 23.9 Å². The number of hydrogen-bond acceptors (Lipinski definition) is 7. The highest BCUT2D eigenvalue weighted by Crippen LogP contribution is 2.30. The van der Waals surface area contributed by atoms with E-state index in [0.717, 1.165) is 10.6 Å². The Kier molecular flexibility index (Phi) is 7.65. The van der Waals surface area contributed by atoms with Crippen molar-refractivity contribution in [2.45, 2.75) is 4.90 Å². The lowest BCUT2D eigenvalue weighted by Crippen LogP contribution is -2.10. The normalized spacial score (nSPS) is 10.7. The zero-order chi connectivity index (χ0) is 19.6. The van der Waals surface area contributed by atoms with Crippen LogP contribution in [0.4, 0.5) is 5.69 Å². The van der Waals surface area contributed by atoms with E-state index < -0.39 is 17.5 Å². The lowest BCUT2D eigenvalue weighted by atomic mass is 10.2. The summed E-state index contributed by atoms with van der Waals surface area (Å²) in [5, 5.41) is 21.6. The molecule has 2 rings (SSSR count). The molecule has 142 valence electrons. The van der Waals surface area contributed by atoms with Gasteiger partial charge in [0.1, 0.15) is 12.4 Å². The molecule has 0 bridgehead atoms. The molecule has 8 nitrogen and oxygen atoms in total. The van der Waals surface area contributed by atoms with Gasteiger partial charge in [-0.2, -0.15) is 0 Å². The molecule has 0 aliphatic rings. The lowest BCUT2D eigenvalue weighted by Gasteiger charge is -2.06. The second-order valence-corrected chi connectivity index (χ2v) is 6.18. The Bertz CT molecular complexity index is 840. The van der Waals surface area contributed by atoms with Crippen molar-refractivity contribution in [3.05, 3.63) is 63.6 Å². The number of ether oxygens (including phenoxy) is 2. The first-order chi connectivity index (χ1) is 13.0. The van der Waals surface area contributed by atoms with Gasteiger partial charge in [0.25, 0.3) is 0 Å². The van der Waals surface area contributed by atoms with Crippen LogP contribution < -0.4 is 15.2 Å². The third-order valence-electron chi connectivity index (χ3n) is 3.19. The van der Waals surface area contributed by atoms with E-state index in [0.29, 0.717) is 18.7 Å². The van der Waals surface area contributed by atoms with Crippen LogP contribution in [0.15, 0.2) is 52.8 Å². The number of hydrogen-bond donors (Lipinski definition) is 2. The van der Waals surface area contributed by atoms with Crippen molar-refractivity contribution in [3.8, 4) is 11.5 Å². The predicted molar refractivity (Wildman–Crippen MR) is 102 cm³/mol. The van der Waals surface area contributed by atoms with Gasteiger partial charge in [0, 0.05) is 17.5 Å². The molecule has 0 saturated heterocycles. The van der Waals surface area contributed by atoms with Crippen molar-refractivity contribution in [1.29, 1.82) is 0 Å². The number of nitro groups is 1. The molecule has 0 heterocycles. The molecular weight excluding hydrogens is 372 g/mol. The maximum Gasteiger partial charge on any atom is 0.341 e. The van der Waals surface area contributed by atoms with Crippen LogP contribution in [-0.2, 0) is 4.79 Å².